The molecule has 0 atom stereocenters. The van der Waals surface area contributed by atoms with Crippen LogP contribution in [0.3, 0.4) is 0 Å². The van der Waals surface area contributed by atoms with E-state index in [9.17, 15) is 9.59 Å². The molecule has 0 aromatic heterocycles. The third kappa shape index (κ3) is 4.48. The highest BCUT2D eigenvalue weighted by Crippen LogP contribution is 2.22. The normalized spacial score (nSPS) is 10.4. The van der Waals surface area contributed by atoms with Gasteiger partial charge in [-0.2, -0.15) is 0 Å². The maximum absolute atomic E-state index is 12.8. The number of hydrogen-bond acceptors (Lipinski definition) is 3. The van der Waals surface area contributed by atoms with Crippen LogP contribution in [0.4, 0.5) is 0 Å². The summed E-state index contributed by atoms with van der Waals surface area (Å²) in [5.74, 6) is 1.15. The number of hydrogen-bond donors (Lipinski definition) is 0. The summed E-state index contributed by atoms with van der Waals surface area (Å²) < 4.78 is 5.75. The van der Waals surface area contributed by atoms with E-state index in [4.69, 9.17) is 16.3 Å². The average molecular weight is 413 g/mol. The van der Waals surface area contributed by atoms with E-state index in [-0.39, 0.29) is 11.6 Å². The van der Waals surface area contributed by atoms with Gasteiger partial charge in [0.1, 0.15) is 11.5 Å². The van der Waals surface area contributed by atoms with Crippen molar-refractivity contribution >= 4 is 23.2 Å². The van der Waals surface area contributed by atoms with Gasteiger partial charge in [-0.15, -0.1) is 0 Å². The van der Waals surface area contributed by atoms with E-state index in [1.165, 1.54) is 0 Å². The van der Waals surface area contributed by atoms with Crippen LogP contribution >= 0.6 is 11.6 Å². The molecule has 0 N–H and O–H groups in total. The second-order valence-electron chi connectivity index (χ2n) is 6.68. The van der Waals surface area contributed by atoms with Crippen LogP contribution in [0.5, 0.6) is 11.5 Å². The second-order valence-corrected chi connectivity index (χ2v) is 7.12. The first-order valence-electron chi connectivity index (χ1n) is 9.38. The Hall–Kier alpha value is -3.69. The number of ether oxygens (including phenoxy) is 1. The van der Waals surface area contributed by atoms with E-state index in [1.807, 2.05) is 30.3 Å². The van der Waals surface area contributed by atoms with Crippen LogP contribution in [-0.2, 0) is 0 Å². The Morgan fingerprint density at radius 2 is 0.867 bits per heavy atom. The maximum atomic E-state index is 12.8. The topological polar surface area (TPSA) is 43.4 Å². The van der Waals surface area contributed by atoms with Crippen LogP contribution < -0.4 is 4.74 Å². The van der Waals surface area contributed by atoms with Crippen molar-refractivity contribution in [2.24, 2.45) is 0 Å². The second kappa shape index (κ2) is 8.76. The molecule has 0 saturated heterocycles. The molecule has 4 rings (SSSR count). The van der Waals surface area contributed by atoms with Crippen LogP contribution in [0.15, 0.2) is 103 Å². The predicted molar refractivity (Wildman–Crippen MR) is 118 cm³/mol. The molecule has 0 fully saturated rings. The number of carbonyl (C=O) groups excluding carboxylic acids is 2. The lowest BCUT2D eigenvalue weighted by atomic mass is 9.98. The molecule has 0 spiro atoms. The van der Waals surface area contributed by atoms with Crippen LogP contribution in [-0.4, -0.2) is 11.6 Å². The van der Waals surface area contributed by atoms with Crippen molar-refractivity contribution in [2.75, 3.05) is 0 Å². The number of para-hydroxylation sites is 1. The van der Waals surface area contributed by atoms with Crippen molar-refractivity contribution in [1.82, 2.24) is 0 Å². The monoisotopic (exact) mass is 412 g/mol. The molecule has 0 radical (unpaired) electrons. The van der Waals surface area contributed by atoms with Gasteiger partial charge in [0.25, 0.3) is 0 Å². The minimum Gasteiger partial charge on any atom is -0.457 e. The Labute approximate surface area is 179 Å². The molecule has 0 bridgehead atoms. The Kier molecular flexibility index (Phi) is 5.73. The molecular weight excluding hydrogens is 396 g/mol. The van der Waals surface area contributed by atoms with Crippen LogP contribution in [0.2, 0.25) is 5.02 Å². The van der Waals surface area contributed by atoms with E-state index >= 15 is 0 Å². The van der Waals surface area contributed by atoms with Gasteiger partial charge in [0.2, 0.25) is 0 Å². The Morgan fingerprint density at radius 1 is 0.500 bits per heavy atom. The molecule has 3 nitrogen and oxygen atoms in total. The molecule has 0 amide bonds. The summed E-state index contributed by atoms with van der Waals surface area (Å²) >= 11 is 5.87. The molecule has 4 aromatic rings. The number of halogens is 1. The third-order valence-electron chi connectivity index (χ3n) is 4.61. The highest BCUT2D eigenvalue weighted by Gasteiger charge is 2.13. The number of rotatable bonds is 6. The highest BCUT2D eigenvalue weighted by molar-refractivity contribution is 6.30. The van der Waals surface area contributed by atoms with Gasteiger partial charge in [0.15, 0.2) is 11.6 Å². The van der Waals surface area contributed by atoms with E-state index in [2.05, 4.69) is 0 Å². The van der Waals surface area contributed by atoms with Crippen molar-refractivity contribution in [3.05, 3.63) is 130 Å². The zero-order chi connectivity index (χ0) is 20.9. The van der Waals surface area contributed by atoms with E-state index < -0.39 is 0 Å². The quantitative estimate of drug-likeness (QED) is 0.335. The largest absolute Gasteiger partial charge is 0.457 e. The smallest absolute Gasteiger partial charge is 0.193 e. The first kappa shape index (κ1) is 19.6. The summed E-state index contributed by atoms with van der Waals surface area (Å²) in [6.07, 6.45) is 0. The van der Waals surface area contributed by atoms with Gasteiger partial charge in [-0.25, -0.2) is 0 Å². The van der Waals surface area contributed by atoms with Gasteiger partial charge in [-0.3, -0.25) is 9.59 Å². The lowest BCUT2D eigenvalue weighted by molar-refractivity contribution is 0.102. The fourth-order valence-corrected chi connectivity index (χ4v) is 3.13. The molecule has 4 heteroatoms. The zero-order valence-corrected chi connectivity index (χ0v) is 16.7. The van der Waals surface area contributed by atoms with Crippen LogP contribution in [0.1, 0.15) is 31.8 Å². The molecule has 0 aliphatic heterocycles. The van der Waals surface area contributed by atoms with Crippen LogP contribution in [0, 0.1) is 0 Å². The first-order chi connectivity index (χ1) is 14.6. The molecular formula is C26H17ClO3. The van der Waals surface area contributed by atoms with Crippen molar-refractivity contribution in [1.29, 1.82) is 0 Å². The summed E-state index contributed by atoms with van der Waals surface area (Å²) in [5.41, 5.74) is 2.12. The summed E-state index contributed by atoms with van der Waals surface area (Å²) in [5, 5.41) is 0.577. The summed E-state index contributed by atoms with van der Waals surface area (Å²) in [6.45, 7) is 0. The SMILES string of the molecule is O=C(c1ccc(Cl)cc1)c1ccc(C(=O)c2ccc(Oc3ccccc3)cc2)cc1. The summed E-state index contributed by atoms with van der Waals surface area (Å²) in [6, 6.07) is 29.8. The van der Waals surface area contributed by atoms with Crippen molar-refractivity contribution in [3.63, 3.8) is 0 Å². The highest BCUT2D eigenvalue weighted by atomic mass is 35.5. The molecule has 146 valence electrons. The van der Waals surface area contributed by atoms with Crippen LogP contribution in [0.25, 0.3) is 0 Å². The molecule has 0 unspecified atom stereocenters. The van der Waals surface area contributed by atoms with Crippen molar-refractivity contribution in [3.8, 4) is 11.5 Å². The fraction of sp³-hybridized carbons (Fsp3) is 0. The fourth-order valence-electron chi connectivity index (χ4n) is 3.01. The Bertz CT molecular complexity index is 1160. The van der Waals surface area contributed by atoms with E-state index in [1.54, 1.807) is 72.8 Å². The zero-order valence-electron chi connectivity index (χ0n) is 15.9. The maximum Gasteiger partial charge on any atom is 0.193 e. The van der Waals surface area contributed by atoms with Crippen molar-refractivity contribution in [2.45, 2.75) is 0 Å². The van der Waals surface area contributed by atoms with E-state index in [0.29, 0.717) is 33.0 Å². The number of benzene rings is 4. The first-order valence-corrected chi connectivity index (χ1v) is 9.76. The molecule has 30 heavy (non-hydrogen) atoms. The number of ketones is 2. The minimum atomic E-state index is -0.119. The number of carbonyl (C=O) groups is 2. The van der Waals surface area contributed by atoms with Gasteiger partial charge >= 0.3 is 0 Å². The molecule has 4 aromatic carbocycles. The standard InChI is InChI=1S/C26H17ClO3/c27-22-14-10-20(11-15-22)25(28)18-6-8-19(9-7-18)26(29)21-12-16-24(17-13-21)30-23-4-2-1-3-5-23/h1-17H. The van der Waals surface area contributed by atoms with E-state index in [0.717, 1.165) is 5.75 Å². The Balaban J connectivity index is 1.47. The average Bonchev–Trinajstić information content (AvgIpc) is 2.80. The van der Waals surface area contributed by atoms with Gasteiger partial charge in [0.05, 0.1) is 0 Å². The van der Waals surface area contributed by atoms with Crippen molar-refractivity contribution < 1.29 is 14.3 Å². The summed E-state index contributed by atoms with van der Waals surface area (Å²) in [4.78, 5) is 25.3. The lowest BCUT2D eigenvalue weighted by Gasteiger charge is -2.07. The van der Waals surface area contributed by atoms with Gasteiger partial charge in [0, 0.05) is 27.3 Å². The molecule has 0 saturated carbocycles. The Morgan fingerprint density at radius 3 is 1.33 bits per heavy atom. The summed E-state index contributed by atoms with van der Waals surface area (Å²) in [7, 11) is 0. The van der Waals surface area contributed by atoms with Gasteiger partial charge < -0.3 is 4.74 Å². The molecule has 0 aliphatic carbocycles. The predicted octanol–water partition coefficient (Wildman–Crippen LogP) is 6.59. The van der Waals surface area contributed by atoms with Gasteiger partial charge in [-0.05, 0) is 60.7 Å². The lowest BCUT2D eigenvalue weighted by Crippen LogP contribution is -2.04. The van der Waals surface area contributed by atoms with Gasteiger partial charge in [-0.1, -0.05) is 54.1 Å². The minimum absolute atomic E-state index is 0.118. The third-order valence-corrected chi connectivity index (χ3v) is 4.86. The molecule has 0 aliphatic rings. The molecule has 0 heterocycles.